The molecule has 1 fully saturated rings. The SMILES string of the molecule is COC(=O)c1cccc(C(=O)N2CCNCC2C)c1. The summed E-state index contributed by atoms with van der Waals surface area (Å²) in [6.07, 6.45) is 0. The Hall–Kier alpha value is -1.88. The zero-order valence-corrected chi connectivity index (χ0v) is 11.2. The van der Waals surface area contributed by atoms with Crippen LogP contribution in [0.2, 0.25) is 0 Å². The highest BCUT2D eigenvalue weighted by atomic mass is 16.5. The van der Waals surface area contributed by atoms with E-state index in [1.54, 1.807) is 24.3 Å². The van der Waals surface area contributed by atoms with Crippen molar-refractivity contribution in [3.63, 3.8) is 0 Å². The maximum Gasteiger partial charge on any atom is 0.337 e. The number of benzene rings is 1. The average molecular weight is 262 g/mol. The van der Waals surface area contributed by atoms with Crippen LogP contribution in [0.1, 0.15) is 27.6 Å². The molecule has 102 valence electrons. The molecule has 0 spiro atoms. The smallest absolute Gasteiger partial charge is 0.337 e. The number of carbonyl (C=O) groups excluding carboxylic acids is 2. The van der Waals surface area contributed by atoms with E-state index in [4.69, 9.17) is 0 Å². The van der Waals surface area contributed by atoms with Crippen molar-refractivity contribution >= 4 is 11.9 Å². The lowest BCUT2D eigenvalue weighted by Gasteiger charge is -2.34. The van der Waals surface area contributed by atoms with Gasteiger partial charge in [0.25, 0.3) is 5.91 Å². The maximum atomic E-state index is 12.4. The van der Waals surface area contributed by atoms with Crippen molar-refractivity contribution in [3.8, 4) is 0 Å². The zero-order valence-electron chi connectivity index (χ0n) is 11.2. The number of methoxy groups -OCH3 is 1. The van der Waals surface area contributed by atoms with Crippen molar-refractivity contribution in [2.75, 3.05) is 26.7 Å². The molecular formula is C14H18N2O3. The van der Waals surface area contributed by atoms with E-state index in [-0.39, 0.29) is 11.9 Å². The minimum Gasteiger partial charge on any atom is -0.465 e. The van der Waals surface area contributed by atoms with Gasteiger partial charge in [-0.2, -0.15) is 0 Å². The molecule has 1 aliphatic heterocycles. The van der Waals surface area contributed by atoms with Crippen LogP contribution in [0.25, 0.3) is 0 Å². The van der Waals surface area contributed by atoms with Crippen LogP contribution in [0.5, 0.6) is 0 Å². The molecule has 1 atom stereocenters. The highest BCUT2D eigenvalue weighted by Gasteiger charge is 2.24. The van der Waals surface area contributed by atoms with Crippen LogP contribution in [0, 0.1) is 0 Å². The molecule has 1 aliphatic rings. The highest BCUT2D eigenvalue weighted by Crippen LogP contribution is 2.12. The lowest BCUT2D eigenvalue weighted by Crippen LogP contribution is -2.52. The first kappa shape index (κ1) is 13.5. The molecule has 1 aromatic carbocycles. The molecule has 0 aromatic heterocycles. The first-order valence-electron chi connectivity index (χ1n) is 6.33. The third-order valence-electron chi connectivity index (χ3n) is 3.29. The molecule has 0 radical (unpaired) electrons. The Balaban J connectivity index is 2.21. The van der Waals surface area contributed by atoms with Gasteiger partial charge < -0.3 is 15.0 Å². The van der Waals surface area contributed by atoms with E-state index in [9.17, 15) is 9.59 Å². The van der Waals surface area contributed by atoms with Crippen LogP contribution in [-0.2, 0) is 4.74 Å². The van der Waals surface area contributed by atoms with Crippen LogP contribution in [0.15, 0.2) is 24.3 Å². The Morgan fingerprint density at radius 1 is 1.37 bits per heavy atom. The van der Waals surface area contributed by atoms with Gasteiger partial charge in [0, 0.05) is 31.2 Å². The number of hydrogen-bond acceptors (Lipinski definition) is 4. The summed E-state index contributed by atoms with van der Waals surface area (Å²) in [5.41, 5.74) is 0.924. The minimum absolute atomic E-state index is 0.0419. The van der Waals surface area contributed by atoms with E-state index in [1.807, 2.05) is 11.8 Å². The second-order valence-corrected chi connectivity index (χ2v) is 4.62. The summed E-state index contributed by atoms with van der Waals surface area (Å²) >= 11 is 0. The van der Waals surface area contributed by atoms with Crippen molar-refractivity contribution in [3.05, 3.63) is 35.4 Å². The van der Waals surface area contributed by atoms with Gasteiger partial charge >= 0.3 is 5.97 Å². The van der Waals surface area contributed by atoms with E-state index >= 15 is 0 Å². The molecule has 0 bridgehead atoms. The molecule has 2 rings (SSSR count). The first-order valence-corrected chi connectivity index (χ1v) is 6.33. The third-order valence-corrected chi connectivity index (χ3v) is 3.29. The van der Waals surface area contributed by atoms with Crippen molar-refractivity contribution < 1.29 is 14.3 Å². The molecule has 1 heterocycles. The van der Waals surface area contributed by atoms with Crippen LogP contribution >= 0.6 is 0 Å². The van der Waals surface area contributed by atoms with Gasteiger partial charge in [0.15, 0.2) is 0 Å². The Morgan fingerprint density at radius 3 is 2.79 bits per heavy atom. The summed E-state index contributed by atoms with van der Waals surface area (Å²) in [5.74, 6) is -0.470. The number of esters is 1. The number of carbonyl (C=O) groups is 2. The van der Waals surface area contributed by atoms with Gasteiger partial charge in [-0.15, -0.1) is 0 Å². The molecule has 0 aliphatic carbocycles. The average Bonchev–Trinajstić information content (AvgIpc) is 2.46. The predicted molar refractivity (Wildman–Crippen MR) is 71.1 cm³/mol. The van der Waals surface area contributed by atoms with E-state index < -0.39 is 5.97 Å². The fourth-order valence-electron chi connectivity index (χ4n) is 2.21. The molecule has 5 nitrogen and oxygen atoms in total. The monoisotopic (exact) mass is 262 g/mol. The van der Waals surface area contributed by atoms with Gasteiger partial charge in [-0.05, 0) is 25.1 Å². The molecular weight excluding hydrogens is 244 g/mol. The zero-order chi connectivity index (χ0) is 13.8. The van der Waals surface area contributed by atoms with Crippen LogP contribution in [0.4, 0.5) is 0 Å². The number of hydrogen-bond donors (Lipinski definition) is 1. The number of nitrogens with one attached hydrogen (secondary N) is 1. The van der Waals surface area contributed by atoms with Gasteiger partial charge in [-0.3, -0.25) is 4.79 Å². The Kier molecular flexibility index (Phi) is 4.16. The fraction of sp³-hybridized carbons (Fsp3) is 0.429. The van der Waals surface area contributed by atoms with Crippen molar-refractivity contribution in [1.82, 2.24) is 10.2 Å². The topological polar surface area (TPSA) is 58.6 Å². The number of ether oxygens (including phenoxy) is 1. The summed E-state index contributed by atoms with van der Waals surface area (Å²) in [6, 6.07) is 6.81. The largest absolute Gasteiger partial charge is 0.465 e. The molecule has 1 aromatic rings. The Labute approximate surface area is 112 Å². The molecule has 5 heteroatoms. The van der Waals surface area contributed by atoms with E-state index in [1.165, 1.54) is 7.11 Å². The quantitative estimate of drug-likeness (QED) is 0.805. The summed E-state index contributed by atoms with van der Waals surface area (Å²) in [7, 11) is 1.33. The summed E-state index contributed by atoms with van der Waals surface area (Å²) in [4.78, 5) is 25.7. The van der Waals surface area contributed by atoms with Crippen LogP contribution in [0.3, 0.4) is 0 Å². The molecule has 1 unspecified atom stereocenters. The van der Waals surface area contributed by atoms with Gasteiger partial charge in [0.1, 0.15) is 0 Å². The summed E-state index contributed by atoms with van der Waals surface area (Å²) in [5, 5.41) is 3.24. The van der Waals surface area contributed by atoms with Crippen molar-refractivity contribution in [2.24, 2.45) is 0 Å². The second kappa shape index (κ2) is 5.84. The second-order valence-electron chi connectivity index (χ2n) is 4.62. The highest BCUT2D eigenvalue weighted by molar-refractivity contribution is 5.98. The minimum atomic E-state index is -0.428. The summed E-state index contributed by atoms with van der Waals surface area (Å²) < 4.78 is 4.66. The van der Waals surface area contributed by atoms with Crippen molar-refractivity contribution in [1.29, 1.82) is 0 Å². The standard InChI is InChI=1S/C14H18N2O3/c1-10-9-15-6-7-16(10)13(17)11-4-3-5-12(8-11)14(18)19-2/h3-5,8,10,15H,6-7,9H2,1-2H3. The van der Waals surface area contributed by atoms with Crippen LogP contribution < -0.4 is 5.32 Å². The van der Waals surface area contributed by atoms with Crippen LogP contribution in [-0.4, -0.2) is 49.6 Å². The predicted octanol–water partition coefficient (Wildman–Crippen LogP) is 0.907. The van der Waals surface area contributed by atoms with Gasteiger partial charge in [0.05, 0.1) is 12.7 Å². The van der Waals surface area contributed by atoms with Gasteiger partial charge in [-0.1, -0.05) is 6.07 Å². The number of rotatable bonds is 2. The third kappa shape index (κ3) is 2.93. The lowest BCUT2D eigenvalue weighted by molar-refractivity contribution is 0.0600. The fourth-order valence-corrected chi connectivity index (χ4v) is 2.21. The number of nitrogens with zero attached hydrogens (tertiary/aromatic N) is 1. The molecule has 1 N–H and O–H groups in total. The van der Waals surface area contributed by atoms with E-state index in [0.29, 0.717) is 17.7 Å². The number of piperazine rings is 1. The van der Waals surface area contributed by atoms with E-state index in [0.717, 1.165) is 13.1 Å². The lowest BCUT2D eigenvalue weighted by atomic mass is 10.1. The molecule has 1 saturated heterocycles. The van der Waals surface area contributed by atoms with Crippen molar-refractivity contribution in [2.45, 2.75) is 13.0 Å². The Morgan fingerprint density at radius 2 is 2.11 bits per heavy atom. The van der Waals surface area contributed by atoms with Gasteiger partial charge in [0.2, 0.25) is 0 Å². The molecule has 0 saturated carbocycles. The number of amides is 1. The molecule has 19 heavy (non-hydrogen) atoms. The summed E-state index contributed by atoms with van der Waals surface area (Å²) in [6.45, 7) is 4.28. The van der Waals surface area contributed by atoms with E-state index in [2.05, 4.69) is 10.1 Å². The normalized spacial score (nSPS) is 19.1. The maximum absolute atomic E-state index is 12.4. The Bertz CT molecular complexity index is 487. The van der Waals surface area contributed by atoms with Gasteiger partial charge in [-0.25, -0.2) is 4.79 Å². The molecule has 1 amide bonds. The first-order chi connectivity index (χ1) is 9.13.